The van der Waals surface area contributed by atoms with Gasteiger partial charge in [0.2, 0.25) is 0 Å². The van der Waals surface area contributed by atoms with E-state index in [0.717, 1.165) is 72.7 Å². The van der Waals surface area contributed by atoms with Crippen LogP contribution >= 0.6 is 0 Å². The highest BCUT2D eigenvalue weighted by Crippen LogP contribution is 2.47. The summed E-state index contributed by atoms with van der Waals surface area (Å²) < 4.78 is 25.5. The molecule has 2 aliphatic rings. The largest absolute Gasteiger partial charge is 0.493 e. The van der Waals surface area contributed by atoms with Crippen molar-refractivity contribution in [2.75, 3.05) is 29.9 Å². The first kappa shape index (κ1) is 31.8. The number of aliphatic carboxylic acids is 1. The Morgan fingerprint density at radius 2 is 1.73 bits per heavy atom. The highest BCUT2D eigenvalue weighted by Gasteiger charge is 2.37. The molecule has 1 saturated carbocycles. The van der Waals surface area contributed by atoms with Crippen LogP contribution in [0.15, 0.2) is 48.5 Å². The second kappa shape index (κ2) is 12.8. The Hall–Kier alpha value is -3.65. The summed E-state index contributed by atoms with van der Waals surface area (Å²) in [6.45, 7) is 14.2. The zero-order chi connectivity index (χ0) is 31.6. The summed E-state index contributed by atoms with van der Waals surface area (Å²) in [4.78, 5) is 20.2. The fraction of sp³-hybridized carbons (Fsp3) is 0.500. The molecule has 1 aliphatic carbocycles. The Bertz CT molecular complexity index is 1450. The summed E-state index contributed by atoms with van der Waals surface area (Å²) in [6.07, 6.45) is 3.66. The second-order valence-electron chi connectivity index (χ2n) is 14.0. The van der Waals surface area contributed by atoms with E-state index < -0.39 is 17.7 Å². The first-order valence-electron chi connectivity index (χ1n) is 15.7. The van der Waals surface area contributed by atoms with E-state index in [1.165, 1.54) is 12.1 Å². The molecule has 2 heterocycles. The molecule has 1 atom stereocenters. The number of nitrogens with zero attached hydrogens (tertiary/aromatic N) is 2. The van der Waals surface area contributed by atoms with Gasteiger partial charge in [0.05, 0.1) is 17.9 Å². The van der Waals surface area contributed by atoms with Gasteiger partial charge in [0.15, 0.2) is 6.10 Å². The lowest BCUT2D eigenvalue weighted by molar-refractivity contribution is -0.160. The van der Waals surface area contributed by atoms with Crippen molar-refractivity contribution >= 4 is 17.5 Å². The van der Waals surface area contributed by atoms with Crippen LogP contribution in [-0.2, 0) is 16.0 Å². The fourth-order valence-electron chi connectivity index (χ4n) is 5.72. The summed E-state index contributed by atoms with van der Waals surface area (Å²) in [5.74, 6) is 0.232. The van der Waals surface area contributed by atoms with Crippen molar-refractivity contribution in [3.05, 3.63) is 71.2 Å². The van der Waals surface area contributed by atoms with Gasteiger partial charge in [0.25, 0.3) is 0 Å². The number of carbonyl (C=O) groups is 1. The first-order chi connectivity index (χ1) is 20.8. The predicted molar refractivity (Wildman–Crippen MR) is 173 cm³/mol. The van der Waals surface area contributed by atoms with Crippen molar-refractivity contribution in [2.24, 2.45) is 5.41 Å². The smallest absolute Gasteiger partial charge is 0.337 e. The van der Waals surface area contributed by atoms with Crippen LogP contribution in [0.1, 0.15) is 83.2 Å². The lowest BCUT2D eigenvalue weighted by Gasteiger charge is -2.41. The molecule has 1 aromatic heterocycles. The maximum Gasteiger partial charge on any atom is 0.337 e. The lowest BCUT2D eigenvalue weighted by Crippen LogP contribution is -2.39. The molecule has 0 unspecified atom stereocenters. The minimum atomic E-state index is -1.17. The monoisotopic (exact) mass is 603 g/mol. The van der Waals surface area contributed by atoms with Crippen molar-refractivity contribution in [1.82, 2.24) is 4.98 Å². The zero-order valence-electron chi connectivity index (χ0n) is 26.9. The Morgan fingerprint density at radius 3 is 2.30 bits per heavy atom. The number of benzene rings is 2. The van der Waals surface area contributed by atoms with Gasteiger partial charge in [-0.05, 0) is 94.2 Å². The minimum Gasteiger partial charge on any atom is -0.493 e. The van der Waals surface area contributed by atoms with E-state index >= 15 is 0 Å². The molecule has 236 valence electrons. The standard InChI is InChI=1S/C36H46FN3O4/c1-23-29(32(34(41)42)44-35(2,3)4)31(40-20-18-36(5,6)19-21-40)30(33(38-23)39-27-13-14-27)25-9-15-28(16-10-25)43-22-17-24-7-11-26(37)12-8-24/h7-12,15-16,27,32H,13-14,17-22H2,1-6H3,(H,38,39)(H,41,42)/t32-/m0/s1. The number of ether oxygens (including phenoxy) is 2. The van der Waals surface area contributed by atoms with Gasteiger partial charge in [-0.1, -0.05) is 38.1 Å². The topological polar surface area (TPSA) is 83.9 Å². The van der Waals surface area contributed by atoms with Gasteiger partial charge in [0.1, 0.15) is 17.4 Å². The molecule has 0 spiro atoms. The van der Waals surface area contributed by atoms with E-state index in [2.05, 4.69) is 24.1 Å². The molecular weight excluding hydrogens is 557 g/mol. The number of nitrogens with one attached hydrogen (secondary N) is 1. The van der Waals surface area contributed by atoms with Crippen molar-refractivity contribution in [2.45, 2.75) is 91.4 Å². The molecule has 2 aromatic carbocycles. The fourth-order valence-corrected chi connectivity index (χ4v) is 5.72. The Balaban J connectivity index is 1.56. The Morgan fingerprint density at radius 1 is 1.09 bits per heavy atom. The quantitative estimate of drug-likeness (QED) is 0.230. The van der Waals surface area contributed by atoms with Crippen LogP contribution in [-0.4, -0.2) is 47.4 Å². The molecule has 7 nitrogen and oxygen atoms in total. The Kier molecular flexibility index (Phi) is 9.21. The van der Waals surface area contributed by atoms with Gasteiger partial charge in [-0.3, -0.25) is 0 Å². The molecule has 2 fully saturated rings. The molecule has 1 saturated heterocycles. The minimum absolute atomic E-state index is 0.217. The third-order valence-corrected chi connectivity index (χ3v) is 8.42. The number of hydrogen-bond acceptors (Lipinski definition) is 6. The molecule has 2 N–H and O–H groups in total. The summed E-state index contributed by atoms with van der Waals surface area (Å²) in [5, 5.41) is 14.1. The number of aryl methyl sites for hydroxylation is 1. The molecule has 44 heavy (non-hydrogen) atoms. The maximum absolute atomic E-state index is 13.3. The summed E-state index contributed by atoms with van der Waals surface area (Å²) >= 11 is 0. The first-order valence-corrected chi connectivity index (χ1v) is 15.7. The lowest BCUT2D eigenvalue weighted by atomic mass is 9.82. The summed E-state index contributed by atoms with van der Waals surface area (Å²) in [6, 6.07) is 14.8. The van der Waals surface area contributed by atoms with Gasteiger partial charge < -0.3 is 24.8 Å². The molecular formula is C36H46FN3O4. The van der Waals surface area contributed by atoms with E-state index in [4.69, 9.17) is 14.5 Å². The number of piperidine rings is 1. The summed E-state index contributed by atoms with van der Waals surface area (Å²) in [7, 11) is 0. The van der Waals surface area contributed by atoms with Crippen LogP contribution in [0.4, 0.5) is 15.9 Å². The van der Waals surface area contributed by atoms with E-state index in [1.807, 2.05) is 52.0 Å². The zero-order valence-corrected chi connectivity index (χ0v) is 26.9. The number of hydrogen-bond donors (Lipinski definition) is 2. The maximum atomic E-state index is 13.3. The molecule has 0 radical (unpaired) electrons. The van der Waals surface area contributed by atoms with Crippen LogP contribution < -0.4 is 15.0 Å². The average Bonchev–Trinajstić information content (AvgIpc) is 3.77. The Labute approximate surface area is 260 Å². The molecule has 5 rings (SSSR count). The van der Waals surface area contributed by atoms with Crippen molar-refractivity contribution in [1.29, 1.82) is 0 Å². The van der Waals surface area contributed by atoms with Gasteiger partial charge in [0, 0.05) is 42.4 Å². The number of carboxylic acids is 1. The van der Waals surface area contributed by atoms with Crippen LogP contribution in [0.5, 0.6) is 5.75 Å². The van der Waals surface area contributed by atoms with Crippen molar-refractivity contribution in [3.63, 3.8) is 0 Å². The van der Waals surface area contributed by atoms with Crippen LogP contribution in [0, 0.1) is 18.2 Å². The number of halogens is 1. The molecule has 0 amide bonds. The van der Waals surface area contributed by atoms with Gasteiger partial charge >= 0.3 is 5.97 Å². The molecule has 3 aromatic rings. The third kappa shape index (κ3) is 7.89. The molecule has 1 aliphatic heterocycles. The van der Waals surface area contributed by atoms with E-state index in [9.17, 15) is 14.3 Å². The average molecular weight is 604 g/mol. The van der Waals surface area contributed by atoms with Crippen LogP contribution in [0.25, 0.3) is 11.1 Å². The number of carboxylic acid groups (broad SMARTS) is 1. The number of aromatic nitrogens is 1. The highest BCUT2D eigenvalue weighted by molar-refractivity contribution is 5.92. The van der Waals surface area contributed by atoms with E-state index in [0.29, 0.717) is 30.3 Å². The van der Waals surface area contributed by atoms with Gasteiger partial charge in [-0.15, -0.1) is 0 Å². The normalized spacial score (nSPS) is 17.3. The number of pyridine rings is 1. The van der Waals surface area contributed by atoms with Crippen molar-refractivity contribution < 1.29 is 23.8 Å². The van der Waals surface area contributed by atoms with Crippen LogP contribution in [0.2, 0.25) is 0 Å². The third-order valence-electron chi connectivity index (χ3n) is 8.42. The predicted octanol–water partition coefficient (Wildman–Crippen LogP) is 7.96. The molecule has 8 heteroatoms. The van der Waals surface area contributed by atoms with E-state index in [-0.39, 0.29) is 11.2 Å². The molecule has 0 bridgehead atoms. The van der Waals surface area contributed by atoms with Gasteiger partial charge in [-0.2, -0.15) is 0 Å². The highest BCUT2D eigenvalue weighted by atomic mass is 19.1. The SMILES string of the molecule is Cc1nc(NC2CC2)c(-c2ccc(OCCc3ccc(F)cc3)cc2)c(N2CCC(C)(C)CC2)c1[C@H](OC(C)(C)C)C(=O)O. The van der Waals surface area contributed by atoms with E-state index in [1.54, 1.807) is 12.1 Å². The number of anilines is 2. The van der Waals surface area contributed by atoms with Gasteiger partial charge in [-0.25, -0.2) is 14.2 Å². The second-order valence-corrected chi connectivity index (χ2v) is 14.0. The van der Waals surface area contributed by atoms with Crippen LogP contribution in [0.3, 0.4) is 0 Å². The van der Waals surface area contributed by atoms with Crippen molar-refractivity contribution in [3.8, 4) is 16.9 Å². The number of rotatable bonds is 11. The summed E-state index contributed by atoms with van der Waals surface area (Å²) in [5.41, 5.74) is 4.56.